The molecule has 1 unspecified atom stereocenters. The van der Waals surface area contributed by atoms with Gasteiger partial charge in [0.05, 0.1) is 0 Å². The highest BCUT2D eigenvalue weighted by Gasteiger charge is 2.24. The van der Waals surface area contributed by atoms with Crippen LogP contribution in [0.2, 0.25) is 5.02 Å². The maximum atomic E-state index is 13.5. The third-order valence-corrected chi connectivity index (χ3v) is 2.63. The van der Waals surface area contributed by atoms with Crippen LogP contribution >= 0.6 is 23.2 Å². The van der Waals surface area contributed by atoms with Gasteiger partial charge in [0.15, 0.2) is 0 Å². The highest BCUT2D eigenvalue weighted by atomic mass is 35.5. The second kappa shape index (κ2) is 5.23. The largest absolute Gasteiger partial charge is 0.350 e. The van der Waals surface area contributed by atoms with Crippen molar-refractivity contribution in [2.45, 2.75) is 31.7 Å². The summed E-state index contributed by atoms with van der Waals surface area (Å²) in [6.07, 6.45) is 0. The molecule has 1 atom stereocenters. The Bertz CT molecular complexity index is 429. The van der Waals surface area contributed by atoms with Gasteiger partial charge in [-0.15, -0.1) is 11.6 Å². The number of carbonyl (C=O) groups excluding carboxylic acids is 1. The lowest BCUT2D eigenvalue weighted by molar-refractivity contribution is -0.122. The molecule has 1 rings (SSSR count). The first-order valence-electron chi connectivity index (χ1n) is 5.12. The summed E-state index contributed by atoms with van der Waals surface area (Å²) in [5.74, 6) is -1.01. The Morgan fingerprint density at radius 3 is 2.47 bits per heavy atom. The van der Waals surface area contributed by atoms with Crippen LogP contribution in [0.1, 0.15) is 31.7 Å². The summed E-state index contributed by atoms with van der Waals surface area (Å²) in [7, 11) is 0. The van der Waals surface area contributed by atoms with E-state index in [9.17, 15) is 9.18 Å². The summed E-state index contributed by atoms with van der Waals surface area (Å²) in [6.45, 7) is 5.48. The van der Waals surface area contributed by atoms with Crippen LogP contribution in [0.15, 0.2) is 18.2 Å². The number of hydrogen-bond acceptors (Lipinski definition) is 1. The summed E-state index contributed by atoms with van der Waals surface area (Å²) < 4.78 is 13.5. The molecule has 0 radical (unpaired) electrons. The molecule has 1 aromatic rings. The van der Waals surface area contributed by atoms with E-state index >= 15 is 0 Å². The van der Waals surface area contributed by atoms with E-state index in [0.717, 1.165) is 6.07 Å². The lowest BCUT2D eigenvalue weighted by Gasteiger charge is -2.22. The number of alkyl halides is 1. The molecule has 94 valence electrons. The minimum absolute atomic E-state index is 0.123. The van der Waals surface area contributed by atoms with Crippen molar-refractivity contribution in [2.24, 2.45) is 0 Å². The molecule has 0 aliphatic carbocycles. The predicted octanol–water partition coefficient (Wildman–Crippen LogP) is 3.67. The van der Waals surface area contributed by atoms with Crippen molar-refractivity contribution in [3.05, 3.63) is 34.6 Å². The average Bonchev–Trinajstić information content (AvgIpc) is 2.14. The van der Waals surface area contributed by atoms with Gasteiger partial charge in [0.1, 0.15) is 11.2 Å². The summed E-state index contributed by atoms with van der Waals surface area (Å²) in [6, 6.07) is 4.05. The summed E-state index contributed by atoms with van der Waals surface area (Å²) in [4.78, 5) is 11.8. The topological polar surface area (TPSA) is 29.1 Å². The van der Waals surface area contributed by atoms with Crippen molar-refractivity contribution in [3.8, 4) is 0 Å². The van der Waals surface area contributed by atoms with Crippen molar-refractivity contribution in [2.75, 3.05) is 0 Å². The Morgan fingerprint density at radius 2 is 2.00 bits per heavy atom. The second-order valence-electron chi connectivity index (χ2n) is 4.77. The van der Waals surface area contributed by atoms with Crippen molar-refractivity contribution >= 4 is 29.1 Å². The fourth-order valence-corrected chi connectivity index (χ4v) is 1.67. The van der Waals surface area contributed by atoms with Gasteiger partial charge in [-0.05, 0) is 32.9 Å². The third-order valence-electron chi connectivity index (χ3n) is 1.96. The number of rotatable bonds is 2. The van der Waals surface area contributed by atoms with E-state index in [-0.39, 0.29) is 10.6 Å². The lowest BCUT2D eigenvalue weighted by Crippen LogP contribution is -2.42. The predicted molar refractivity (Wildman–Crippen MR) is 67.9 cm³/mol. The van der Waals surface area contributed by atoms with Crippen LogP contribution in [-0.4, -0.2) is 11.4 Å². The molecule has 0 fully saturated rings. The van der Waals surface area contributed by atoms with Gasteiger partial charge in [-0.1, -0.05) is 17.7 Å². The highest BCUT2D eigenvalue weighted by molar-refractivity contribution is 6.31. The Hall–Kier alpha value is -0.800. The van der Waals surface area contributed by atoms with E-state index in [1.165, 1.54) is 12.1 Å². The zero-order chi connectivity index (χ0) is 13.2. The molecule has 0 aliphatic heterocycles. The van der Waals surface area contributed by atoms with Crippen molar-refractivity contribution in [3.63, 3.8) is 0 Å². The minimum atomic E-state index is -1.06. The Morgan fingerprint density at radius 1 is 1.41 bits per heavy atom. The van der Waals surface area contributed by atoms with Crippen molar-refractivity contribution < 1.29 is 9.18 Å². The van der Waals surface area contributed by atoms with Crippen LogP contribution in [0, 0.1) is 5.82 Å². The van der Waals surface area contributed by atoms with E-state index < -0.39 is 22.6 Å². The maximum absolute atomic E-state index is 13.5. The van der Waals surface area contributed by atoms with Crippen LogP contribution in [0.5, 0.6) is 0 Å². The fourth-order valence-electron chi connectivity index (χ4n) is 1.28. The standard InChI is InChI=1S/C12H14Cl2FNO/c1-12(2,3)16-11(17)10(14)8-5-4-7(13)6-9(8)15/h4-6,10H,1-3H3,(H,16,17). The van der Waals surface area contributed by atoms with Gasteiger partial charge in [0, 0.05) is 16.1 Å². The van der Waals surface area contributed by atoms with Crippen molar-refractivity contribution in [1.29, 1.82) is 0 Å². The van der Waals surface area contributed by atoms with E-state index in [4.69, 9.17) is 23.2 Å². The molecule has 1 amide bonds. The third kappa shape index (κ3) is 4.17. The second-order valence-corrected chi connectivity index (χ2v) is 5.64. The zero-order valence-corrected chi connectivity index (χ0v) is 11.4. The average molecular weight is 278 g/mol. The molecule has 0 aliphatic rings. The van der Waals surface area contributed by atoms with Gasteiger partial charge in [0.25, 0.3) is 0 Å². The van der Waals surface area contributed by atoms with Gasteiger partial charge in [0.2, 0.25) is 5.91 Å². The first kappa shape index (κ1) is 14.3. The number of carbonyl (C=O) groups is 1. The monoisotopic (exact) mass is 277 g/mol. The van der Waals surface area contributed by atoms with E-state index in [2.05, 4.69) is 5.32 Å². The molecule has 0 aromatic heterocycles. The number of benzene rings is 1. The molecule has 0 saturated heterocycles. The molecule has 0 bridgehead atoms. The van der Waals surface area contributed by atoms with E-state index in [1.54, 1.807) is 0 Å². The molecule has 2 nitrogen and oxygen atoms in total. The first-order valence-corrected chi connectivity index (χ1v) is 5.93. The number of nitrogens with one attached hydrogen (secondary N) is 1. The molecule has 5 heteroatoms. The van der Waals surface area contributed by atoms with Gasteiger partial charge < -0.3 is 5.32 Å². The van der Waals surface area contributed by atoms with Crippen LogP contribution < -0.4 is 5.32 Å². The smallest absolute Gasteiger partial charge is 0.243 e. The summed E-state index contributed by atoms with van der Waals surface area (Å²) in [5, 5.41) is 1.90. The molecule has 0 saturated carbocycles. The quantitative estimate of drug-likeness (QED) is 0.821. The normalized spacial score (nSPS) is 13.3. The molecule has 17 heavy (non-hydrogen) atoms. The number of halogens is 3. The number of hydrogen-bond donors (Lipinski definition) is 1. The molecule has 0 spiro atoms. The number of amides is 1. The maximum Gasteiger partial charge on any atom is 0.243 e. The van der Waals surface area contributed by atoms with Gasteiger partial charge in [-0.3, -0.25) is 4.79 Å². The zero-order valence-electron chi connectivity index (χ0n) is 9.85. The molecular formula is C12H14Cl2FNO. The summed E-state index contributed by atoms with van der Waals surface area (Å²) in [5.41, 5.74) is -0.287. The Kier molecular flexibility index (Phi) is 4.39. The molecule has 0 heterocycles. The molecule has 1 N–H and O–H groups in total. The summed E-state index contributed by atoms with van der Waals surface area (Å²) >= 11 is 11.5. The van der Waals surface area contributed by atoms with Gasteiger partial charge in [-0.2, -0.15) is 0 Å². The Balaban J connectivity index is 2.89. The molecular weight excluding hydrogens is 264 g/mol. The van der Waals surface area contributed by atoms with Crippen LogP contribution in [0.4, 0.5) is 4.39 Å². The van der Waals surface area contributed by atoms with Crippen molar-refractivity contribution in [1.82, 2.24) is 5.32 Å². The Labute approximate surface area is 110 Å². The first-order chi connectivity index (χ1) is 7.70. The SMILES string of the molecule is CC(C)(C)NC(=O)C(Cl)c1ccc(Cl)cc1F. The van der Waals surface area contributed by atoms with E-state index in [0.29, 0.717) is 0 Å². The minimum Gasteiger partial charge on any atom is -0.350 e. The van der Waals surface area contributed by atoms with Crippen LogP contribution in [0.3, 0.4) is 0 Å². The molecule has 1 aromatic carbocycles. The van der Waals surface area contributed by atoms with Gasteiger partial charge in [-0.25, -0.2) is 4.39 Å². The van der Waals surface area contributed by atoms with Crippen LogP contribution in [-0.2, 0) is 4.79 Å². The lowest BCUT2D eigenvalue weighted by atomic mass is 10.1. The fraction of sp³-hybridized carbons (Fsp3) is 0.417. The van der Waals surface area contributed by atoms with Gasteiger partial charge >= 0.3 is 0 Å². The van der Waals surface area contributed by atoms with E-state index in [1.807, 2.05) is 20.8 Å². The highest BCUT2D eigenvalue weighted by Crippen LogP contribution is 2.26. The van der Waals surface area contributed by atoms with Crippen LogP contribution in [0.25, 0.3) is 0 Å².